The molecule has 0 aliphatic heterocycles. The van der Waals surface area contributed by atoms with Gasteiger partial charge in [-0.05, 0) is 35.0 Å². The molecule has 3 rings (SSSR count). The number of nitrogens with zero attached hydrogens (tertiary/aromatic N) is 1. The molecule has 1 heteroatoms. The summed E-state index contributed by atoms with van der Waals surface area (Å²) in [6.07, 6.45) is 1.77. The second-order valence-electron chi connectivity index (χ2n) is 3.70. The summed E-state index contributed by atoms with van der Waals surface area (Å²) >= 11 is 0. The Bertz CT molecular complexity index is 614. The molecular weight excluding hydrogens is 194 g/mol. The Morgan fingerprint density at radius 1 is 0.938 bits per heavy atom. The Kier molecular flexibility index (Phi) is 2.15. The van der Waals surface area contributed by atoms with Crippen molar-refractivity contribution in [1.82, 2.24) is 4.98 Å². The van der Waals surface area contributed by atoms with Crippen molar-refractivity contribution in [2.75, 3.05) is 0 Å². The number of hydrogen-bond acceptors (Lipinski definition) is 1. The fourth-order valence-electron chi connectivity index (χ4n) is 1.83. The monoisotopic (exact) mass is 204 g/mol. The molecule has 1 nitrogen and oxygen atoms in total. The highest BCUT2D eigenvalue weighted by Gasteiger charge is 1.99. The van der Waals surface area contributed by atoms with Crippen molar-refractivity contribution in [2.24, 2.45) is 0 Å². The summed E-state index contributed by atoms with van der Waals surface area (Å²) < 4.78 is 0. The molecule has 0 spiro atoms. The van der Waals surface area contributed by atoms with E-state index in [0.29, 0.717) is 0 Å². The molecule has 0 unspecified atom stereocenters. The minimum Gasteiger partial charge on any atom is -0.256 e. The minimum atomic E-state index is 0.966. The summed E-state index contributed by atoms with van der Waals surface area (Å²) in [7, 11) is 0. The molecule has 1 aromatic heterocycles. The van der Waals surface area contributed by atoms with Crippen molar-refractivity contribution in [1.29, 1.82) is 0 Å². The first-order valence-corrected chi connectivity index (χ1v) is 5.25. The third-order valence-electron chi connectivity index (χ3n) is 2.65. The molecule has 0 aliphatic carbocycles. The highest BCUT2D eigenvalue weighted by molar-refractivity contribution is 5.86. The van der Waals surface area contributed by atoms with Crippen LogP contribution in [-0.4, -0.2) is 4.98 Å². The summed E-state index contributed by atoms with van der Waals surface area (Å²) in [5.41, 5.74) is 2.10. The van der Waals surface area contributed by atoms with Crippen LogP contribution in [0.1, 0.15) is 0 Å². The van der Waals surface area contributed by atoms with E-state index in [4.69, 9.17) is 0 Å². The van der Waals surface area contributed by atoms with Crippen LogP contribution in [-0.2, 0) is 0 Å². The lowest BCUT2D eigenvalue weighted by atomic mass is 10.0. The predicted molar refractivity (Wildman–Crippen MR) is 66.0 cm³/mol. The highest BCUT2D eigenvalue weighted by Crippen LogP contribution is 2.22. The Hall–Kier alpha value is -2.15. The lowest BCUT2D eigenvalue weighted by Crippen LogP contribution is -1.82. The zero-order valence-electron chi connectivity index (χ0n) is 8.72. The lowest BCUT2D eigenvalue weighted by Gasteiger charge is -2.02. The molecule has 3 aromatic rings. The van der Waals surface area contributed by atoms with Crippen LogP contribution >= 0.6 is 0 Å². The van der Waals surface area contributed by atoms with Gasteiger partial charge in [0.1, 0.15) is 0 Å². The summed E-state index contributed by atoms with van der Waals surface area (Å²) in [5.74, 6) is 0. The zero-order valence-corrected chi connectivity index (χ0v) is 8.72. The van der Waals surface area contributed by atoms with E-state index in [1.807, 2.05) is 12.1 Å². The highest BCUT2D eigenvalue weighted by atomic mass is 14.7. The van der Waals surface area contributed by atoms with Crippen LogP contribution in [0.5, 0.6) is 0 Å². The van der Waals surface area contributed by atoms with Crippen molar-refractivity contribution >= 4 is 10.8 Å². The van der Waals surface area contributed by atoms with Crippen molar-refractivity contribution in [3.8, 4) is 11.3 Å². The quantitative estimate of drug-likeness (QED) is 0.589. The molecule has 0 atom stereocenters. The molecule has 1 heterocycles. The van der Waals surface area contributed by atoms with Gasteiger partial charge in [0.25, 0.3) is 0 Å². The molecule has 0 bridgehead atoms. The van der Waals surface area contributed by atoms with Crippen LogP contribution in [0.4, 0.5) is 0 Å². The zero-order chi connectivity index (χ0) is 10.8. The molecule has 0 saturated heterocycles. The number of fused-ring (bicyclic) bond motifs is 1. The normalized spacial score (nSPS) is 10.5. The maximum absolute atomic E-state index is 4.32. The fourth-order valence-corrected chi connectivity index (χ4v) is 1.83. The van der Waals surface area contributed by atoms with Crippen molar-refractivity contribution in [2.45, 2.75) is 0 Å². The Morgan fingerprint density at radius 3 is 2.62 bits per heavy atom. The molecule has 75 valence electrons. The number of benzene rings is 2. The average molecular weight is 204 g/mol. The summed E-state index contributed by atoms with van der Waals surface area (Å²) in [5, 5.41) is 2.50. The summed E-state index contributed by atoms with van der Waals surface area (Å²) in [4.78, 5) is 4.32. The third-order valence-corrected chi connectivity index (χ3v) is 2.65. The van der Waals surface area contributed by atoms with Gasteiger partial charge < -0.3 is 0 Å². The van der Waals surface area contributed by atoms with Gasteiger partial charge in [0.2, 0.25) is 0 Å². The van der Waals surface area contributed by atoms with Gasteiger partial charge in [-0.3, -0.25) is 4.98 Å². The van der Waals surface area contributed by atoms with Gasteiger partial charge in [-0.25, -0.2) is 0 Å². The number of hydrogen-bond donors (Lipinski definition) is 0. The molecule has 0 fully saturated rings. The molecule has 16 heavy (non-hydrogen) atoms. The number of rotatable bonds is 1. The standard InChI is InChI=1S/C15H10N/c1-2-6-13-11-14(9-8-12(13)5-1)15-7-3-4-10-16-15/h1-2,4-11H. The van der Waals surface area contributed by atoms with Crippen molar-refractivity contribution < 1.29 is 0 Å². The first kappa shape index (κ1) is 9.10. The summed E-state index contributed by atoms with van der Waals surface area (Å²) in [6.45, 7) is 0. The molecule has 0 aliphatic rings. The van der Waals surface area contributed by atoms with E-state index in [2.05, 4.69) is 53.5 Å². The maximum atomic E-state index is 4.32. The van der Waals surface area contributed by atoms with Crippen LogP contribution in [0.3, 0.4) is 0 Å². The average Bonchev–Trinajstić information content (AvgIpc) is 2.39. The molecule has 0 N–H and O–H groups in total. The van der Waals surface area contributed by atoms with E-state index >= 15 is 0 Å². The Morgan fingerprint density at radius 2 is 1.81 bits per heavy atom. The second-order valence-corrected chi connectivity index (χ2v) is 3.70. The first-order chi connectivity index (χ1) is 7.93. The van der Waals surface area contributed by atoms with E-state index in [-0.39, 0.29) is 0 Å². The van der Waals surface area contributed by atoms with Gasteiger partial charge in [0.05, 0.1) is 5.69 Å². The predicted octanol–water partition coefficient (Wildman–Crippen LogP) is 3.70. The molecule has 1 radical (unpaired) electrons. The van der Waals surface area contributed by atoms with Crippen LogP contribution in [0, 0.1) is 6.07 Å². The molecular formula is C15H10N. The minimum absolute atomic E-state index is 0.966. The maximum Gasteiger partial charge on any atom is 0.0708 e. The van der Waals surface area contributed by atoms with E-state index in [9.17, 15) is 0 Å². The van der Waals surface area contributed by atoms with Crippen LogP contribution < -0.4 is 0 Å². The topological polar surface area (TPSA) is 12.9 Å². The Balaban J connectivity index is 2.19. The van der Waals surface area contributed by atoms with Crippen LogP contribution in [0.2, 0.25) is 0 Å². The fraction of sp³-hybridized carbons (Fsp3) is 0. The van der Waals surface area contributed by atoms with Crippen LogP contribution in [0.15, 0.2) is 60.8 Å². The van der Waals surface area contributed by atoms with E-state index in [0.717, 1.165) is 11.3 Å². The molecule has 0 saturated carbocycles. The van der Waals surface area contributed by atoms with Gasteiger partial charge in [-0.15, -0.1) is 0 Å². The number of pyridine rings is 1. The van der Waals surface area contributed by atoms with Gasteiger partial charge in [0, 0.05) is 11.8 Å². The van der Waals surface area contributed by atoms with Crippen molar-refractivity contribution in [3.63, 3.8) is 0 Å². The summed E-state index contributed by atoms with van der Waals surface area (Å²) in [6, 6.07) is 21.5. The largest absolute Gasteiger partial charge is 0.256 e. The van der Waals surface area contributed by atoms with Gasteiger partial charge in [-0.1, -0.05) is 36.4 Å². The van der Waals surface area contributed by atoms with Crippen LogP contribution in [0.25, 0.3) is 22.0 Å². The van der Waals surface area contributed by atoms with Gasteiger partial charge in [-0.2, -0.15) is 0 Å². The van der Waals surface area contributed by atoms with Gasteiger partial charge in [0.15, 0.2) is 0 Å². The number of aromatic nitrogens is 1. The first-order valence-electron chi connectivity index (χ1n) is 5.25. The van der Waals surface area contributed by atoms with E-state index in [1.54, 1.807) is 6.20 Å². The van der Waals surface area contributed by atoms with Crippen molar-refractivity contribution in [3.05, 3.63) is 66.9 Å². The Labute approximate surface area is 94.4 Å². The molecule has 0 amide bonds. The third kappa shape index (κ3) is 1.57. The SMILES string of the molecule is [c]1ccnc(-c2ccc3ccccc3c2)c1. The lowest BCUT2D eigenvalue weighted by molar-refractivity contribution is 1.33. The second kappa shape index (κ2) is 3.78. The smallest absolute Gasteiger partial charge is 0.0708 e. The molecule has 2 aromatic carbocycles. The van der Waals surface area contributed by atoms with E-state index in [1.165, 1.54) is 10.8 Å². The van der Waals surface area contributed by atoms with Gasteiger partial charge >= 0.3 is 0 Å². The van der Waals surface area contributed by atoms with E-state index < -0.39 is 0 Å².